The number of rotatable bonds is 7. The molecule has 8 heteroatoms. The van der Waals surface area contributed by atoms with Crippen LogP contribution in [-0.2, 0) is 10.3 Å². The Hall–Kier alpha value is -3.23. The Balaban J connectivity index is 1.54. The molecule has 0 bridgehead atoms. The van der Waals surface area contributed by atoms with E-state index in [9.17, 15) is 14.7 Å². The van der Waals surface area contributed by atoms with Crippen LogP contribution in [0.3, 0.4) is 0 Å². The number of aliphatic hydroxyl groups excluding tert-OH is 1. The predicted molar refractivity (Wildman–Crippen MR) is 144 cm³/mol. The van der Waals surface area contributed by atoms with Crippen molar-refractivity contribution >= 4 is 11.6 Å². The van der Waals surface area contributed by atoms with Crippen LogP contribution in [0.5, 0.6) is 0 Å². The lowest BCUT2D eigenvalue weighted by Gasteiger charge is -2.40. The topological polar surface area (TPSA) is 96.4 Å². The minimum atomic E-state index is -0.814. The van der Waals surface area contributed by atoms with Gasteiger partial charge in [0.05, 0.1) is 17.7 Å². The number of ether oxygens (including phenoxy) is 1. The second kappa shape index (κ2) is 10.6. The molecule has 1 aliphatic heterocycles. The van der Waals surface area contributed by atoms with Crippen LogP contribution in [0, 0.1) is 5.92 Å². The lowest BCUT2D eigenvalue weighted by molar-refractivity contribution is -0.0212. The molecule has 2 aliphatic rings. The van der Waals surface area contributed by atoms with Crippen molar-refractivity contribution in [3.8, 4) is 0 Å². The van der Waals surface area contributed by atoms with Crippen molar-refractivity contribution in [3.63, 3.8) is 0 Å². The standard InChI is InChI=1S/C29H30ClN3O4/c1-19-8-7-11-21(16-19)29(20-9-3-2-4-10-20,22-12-5-6-13-23(22)30)31-18-25-24(34)17-27(37-25)33-15-14-26(35)32-28(33)36/h2-7,9-16,19,24-25,27,31,34H,8,17-18H2,1H3,(H,32,35,36). The molecular formula is C29H30ClN3O4. The Labute approximate surface area is 220 Å². The maximum atomic E-state index is 12.3. The normalized spacial score (nSPS) is 25.0. The predicted octanol–water partition coefficient (Wildman–Crippen LogP) is 3.89. The van der Waals surface area contributed by atoms with Crippen LogP contribution in [0.25, 0.3) is 0 Å². The van der Waals surface area contributed by atoms with Gasteiger partial charge < -0.3 is 9.84 Å². The molecule has 1 saturated heterocycles. The summed E-state index contributed by atoms with van der Waals surface area (Å²) in [6, 6.07) is 19.2. The summed E-state index contributed by atoms with van der Waals surface area (Å²) in [4.78, 5) is 26.0. The van der Waals surface area contributed by atoms with Crippen molar-refractivity contribution in [3.05, 3.63) is 128 Å². The third-order valence-electron chi connectivity index (χ3n) is 7.12. The first-order valence-corrected chi connectivity index (χ1v) is 12.9. The lowest BCUT2D eigenvalue weighted by atomic mass is 9.73. The van der Waals surface area contributed by atoms with E-state index >= 15 is 0 Å². The van der Waals surface area contributed by atoms with E-state index in [4.69, 9.17) is 16.3 Å². The van der Waals surface area contributed by atoms with Gasteiger partial charge in [-0.3, -0.25) is 19.7 Å². The van der Waals surface area contributed by atoms with Crippen LogP contribution in [0.2, 0.25) is 5.02 Å². The zero-order valence-corrected chi connectivity index (χ0v) is 21.3. The molecule has 0 saturated carbocycles. The van der Waals surface area contributed by atoms with Crippen molar-refractivity contribution in [1.82, 2.24) is 14.9 Å². The van der Waals surface area contributed by atoms with Gasteiger partial charge in [-0.15, -0.1) is 0 Å². The minimum Gasteiger partial charge on any atom is -0.390 e. The maximum Gasteiger partial charge on any atom is 0.330 e. The number of hydrogen-bond donors (Lipinski definition) is 3. The fraction of sp³-hybridized carbons (Fsp3) is 0.310. The van der Waals surface area contributed by atoms with Gasteiger partial charge in [0.2, 0.25) is 0 Å². The van der Waals surface area contributed by atoms with Crippen molar-refractivity contribution in [2.24, 2.45) is 5.92 Å². The minimum absolute atomic E-state index is 0.225. The van der Waals surface area contributed by atoms with Gasteiger partial charge in [0.1, 0.15) is 6.23 Å². The van der Waals surface area contributed by atoms with Gasteiger partial charge in [-0.1, -0.05) is 85.3 Å². The fourth-order valence-corrected chi connectivity index (χ4v) is 5.58. The average Bonchev–Trinajstić information content (AvgIpc) is 3.26. The number of halogens is 1. The number of nitrogens with zero attached hydrogens (tertiary/aromatic N) is 1. The number of aliphatic hydroxyl groups is 1. The van der Waals surface area contributed by atoms with Crippen LogP contribution in [0.4, 0.5) is 0 Å². The number of allylic oxidation sites excluding steroid dienone is 2. The van der Waals surface area contributed by atoms with Gasteiger partial charge in [-0.05, 0) is 35.1 Å². The largest absolute Gasteiger partial charge is 0.390 e. The highest BCUT2D eigenvalue weighted by atomic mass is 35.5. The van der Waals surface area contributed by atoms with E-state index in [0.717, 1.165) is 23.1 Å². The quantitative estimate of drug-likeness (QED) is 0.440. The molecule has 2 aromatic carbocycles. The summed E-state index contributed by atoms with van der Waals surface area (Å²) in [6.45, 7) is 2.47. The monoisotopic (exact) mass is 519 g/mol. The summed E-state index contributed by atoms with van der Waals surface area (Å²) in [5.41, 5.74) is 1.11. The summed E-state index contributed by atoms with van der Waals surface area (Å²) in [5.74, 6) is 0.345. The van der Waals surface area contributed by atoms with Gasteiger partial charge >= 0.3 is 5.69 Å². The van der Waals surface area contributed by atoms with E-state index in [0.29, 0.717) is 10.9 Å². The summed E-state index contributed by atoms with van der Waals surface area (Å²) < 4.78 is 7.45. The molecule has 1 fully saturated rings. The third kappa shape index (κ3) is 5.00. The first kappa shape index (κ1) is 25.4. The molecular weight excluding hydrogens is 490 g/mol. The second-order valence-corrected chi connectivity index (χ2v) is 10.1. The number of aromatic nitrogens is 2. The van der Waals surface area contributed by atoms with Crippen LogP contribution in [-0.4, -0.2) is 33.4 Å². The summed E-state index contributed by atoms with van der Waals surface area (Å²) >= 11 is 6.83. The molecule has 1 aliphatic carbocycles. The molecule has 5 atom stereocenters. The highest BCUT2D eigenvalue weighted by Gasteiger charge is 2.42. The van der Waals surface area contributed by atoms with E-state index in [-0.39, 0.29) is 13.0 Å². The lowest BCUT2D eigenvalue weighted by Crippen LogP contribution is -2.49. The van der Waals surface area contributed by atoms with Crippen molar-refractivity contribution in [2.75, 3.05) is 6.54 Å². The van der Waals surface area contributed by atoms with Gasteiger partial charge in [0.15, 0.2) is 0 Å². The Morgan fingerprint density at radius 1 is 1.14 bits per heavy atom. The highest BCUT2D eigenvalue weighted by Crippen LogP contribution is 2.43. The molecule has 3 N–H and O–H groups in total. The van der Waals surface area contributed by atoms with Crippen molar-refractivity contribution in [1.29, 1.82) is 0 Å². The van der Waals surface area contributed by atoms with E-state index < -0.39 is 35.2 Å². The van der Waals surface area contributed by atoms with Crippen molar-refractivity contribution < 1.29 is 9.84 Å². The maximum absolute atomic E-state index is 12.3. The fourth-order valence-electron chi connectivity index (χ4n) is 5.30. The van der Waals surface area contributed by atoms with Gasteiger partial charge in [-0.25, -0.2) is 4.79 Å². The first-order valence-electron chi connectivity index (χ1n) is 12.5. The third-order valence-corrected chi connectivity index (χ3v) is 7.45. The summed E-state index contributed by atoms with van der Waals surface area (Å²) in [7, 11) is 0. The van der Waals surface area contributed by atoms with E-state index in [2.05, 4.69) is 47.6 Å². The van der Waals surface area contributed by atoms with E-state index in [1.165, 1.54) is 16.8 Å². The number of benzene rings is 2. The molecule has 5 rings (SSSR count). The second-order valence-electron chi connectivity index (χ2n) is 9.66. The summed E-state index contributed by atoms with van der Waals surface area (Å²) in [6.07, 6.45) is 7.05. The Morgan fingerprint density at radius 2 is 1.89 bits per heavy atom. The Bertz CT molecular complexity index is 1430. The van der Waals surface area contributed by atoms with Gasteiger partial charge in [0, 0.05) is 30.3 Å². The molecule has 0 spiro atoms. The zero-order chi connectivity index (χ0) is 26.0. The van der Waals surface area contributed by atoms with E-state index in [1.54, 1.807) is 0 Å². The highest BCUT2D eigenvalue weighted by molar-refractivity contribution is 6.31. The molecule has 1 aromatic heterocycles. The molecule has 37 heavy (non-hydrogen) atoms. The Kier molecular flexibility index (Phi) is 7.31. The van der Waals surface area contributed by atoms with Gasteiger partial charge in [0.25, 0.3) is 5.56 Å². The smallest absolute Gasteiger partial charge is 0.330 e. The number of nitrogens with one attached hydrogen (secondary N) is 2. The van der Waals surface area contributed by atoms with Crippen LogP contribution in [0.1, 0.15) is 37.1 Å². The van der Waals surface area contributed by atoms with Crippen LogP contribution < -0.4 is 16.6 Å². The summed E-state index contributed by atoms with van der Waals surface area (Å²) in [5, 5.41) is 15.3. The number of aromatic amines is 1. The van der Waals surface area contributed by atoms with Gasteiger partial charge in [-0.2, -0.15) is 0 Å². The Morgan fingerprint density at radius 3 is 2.62 bits per heavy atom. The number of hydrogen-bond acceptors (Lipinski definition) is 5. The molecule has 5 unspecified atom stereocenters. The average molecular weight is 520 g/mol. The SMILES string of the molecule is CC1C=C(C(NCC2OC(n3ccc(=O)[nH]c3=O)CC2O)(c2ccccc2)c2ccccc2Cl)C=CC1. The van der Waals surface area contributed by atoms with Crippen molar-refractivity contribution in [2.45, 2.75) is 43.7 Å². The van der Waals surface area contributed by atoms with Crippen LogP contribution >= 0.6 is 11.6 Å². The first-order chi connectivity index (χ1) is 17.9. The molecule has 0 radical (unpaired) electrons. The van der Waals surface area contributed by atoms with E-state index in [1.807, 2.05) is 42.5 Å². The number of H-pyrrole nitrogens is 1. The zero-order valence-electron chi connectivity index (χ0n) is 20.5. The molecule has 192 valence electrons. The molecule has 0 amide bonds. The molecule has 7 nitrogen and oxygen atoms in total. The van der Waals surface area contributed by atoms with Crippen LogP contribution in [0.15, 0.2) is 100 Å². The molecule has 2 heterocycles. The molecule has 3 aromatic rings.